The van der Waals surface area contributed by atoms with E-state index in [1.807, 2.05) is 17.8 Å². The molecule has 1 atom stereocenters. The van der Waals surface area contributed by atoms with Crippen molar-refractivity contribution in [3.05, 3.63) is 30.3 Å². The summed E-state index contributed by atoms with van der Waals surface area (Å²) in [6, 6.07) is 10.6. The van der Waals surface area contributed by atoms with Gasteiger partial charge in [0, 0.05) is 22.6 Å². The van der Waals surface area contributed by atoms with E-state index in [4.69, 9.17) is 0 Å². The van der Waals surface area contributed by atoms with Crippen LogP contribution in [0.2, 0.25) is 0 Å². The summed E-state index contributed by atoms with van der Waals surface area (Å²) in [5, 5.41) is 6.52. The zero-order chi connectivity index (χ0) is 14.2. The molecule has 3 nitrogen and oxygen atoms in total. The van der Waals surface area contributed by atoms with Gasteiger partial charge >= 0.3 is 0 Å². The first kappa shape index (κ1) is 15.4. The molecule has 4 heteroatoms. The molecule has 1 aliphatic heterocycles. The van der Waals surface area contributed by atoms with E-state index in [0.29, 0.717) is 0 Å². The minimum absolute atomic E-state index is 0.201. The molecular formula is C16H24N2OS. The molecule has 2 N–H and O–H groups in total. The Morgan fingerprint density at radius 2 is 2.05 bits per heavy atom. The molecule has 0 unspecified atom stereocenters. The highest BCUT2D eigenvalue weighted by Gasteiger charge is 2.22. The van der Waals surface area contributed by atoms with Gasteiger partial charge < -0.3 is 10.6 Å². The van der Waals surface area contributed by atoms with E-state index < -0.39 is 0 Å². The lowest BCUT2D eigenvalue weighted by atomic mass is 9.97. The lowest BCUT2D eigenvalue weighted by molar-refractivity contribution is -0.126. The lowest BCUT2D eigenvalue weighted by Gasteiger charge is -2.25. The summed E-state index contributed by atoms with van der Waals surface area (Å²) in [7, 11) is 0. The van der Waals surface area contributed by atoms with Crippen LogP contribution in [0, 0.1) is 5.92 Å². The highest BCUT2D eigenvalue weighted by Crippen LogP contribution is 2.19. The normalized spacial score (nSPS) is 17.6. The lowest BCUT2D eigenvalue weighted by Crippen LogP contribution is -2.43. The van der Waals surface area contributed by atoms with Gasteiger partial charge in [-0.25, -0.2) is 0 Å². The fraction of sp³-hybridized carbons (Fsp3) is 0.562. The van der Waals surface area contributed by atoms with Crippen molar-refractivity contribution in [2.24, 2.45) is 5.92 Å². The summed E-state index contributed by atoms with van der Waals surface area (Å²) < 4.78 is 0. The molecule has 0 aromatic heterocycles. The van der Waals surface area contributed by atoms with E-state index in [-0.39, 0.29) is 17.9 Å². The summed E-state index contributed by atoms with van der Waals surface area (Å²) in [5.41, 5.74) is 0. The van der Waals surface area contributed by atoms with E-state index in [9.17, 15) is 4.79 Å². The molecule has 0 radical (unpaired) electrons. The zero-order valence-electron chi connectivity index (χ0n) is 12.1. The third kappa shape index (κ3) is 4.84. The molecule has 1 aliphatic rings. The standard InChI is InChI=1S/C16H24N2OS/c1-2-14(12-20-15-6-4-3-5-7-15)18-16(19)13-8-10-17-11-9-13/h3-7,13-14,17H,2,8-12H2,1H3,(H,18,19)/t14-/m1/s1. The van der Waals surface area contributed by atoms with Crippen molar-refractivity contribution in [1.82, 2.24) is 10.6 Å². The van der Waals surface area contributed by atoms with Crippen LogP contribution in [0.25, 0.3) is 0 Å². The number of carbonyl (C=O) groups excluding carboxylic acids is 1. The number of benzene rings is 1. The maximum absolute atomic E-state index is 12.2. The predicted molar refractivity (Wildman–Crippen MR) is 85.0 cm³/mol. The highest BCUT2D eigenvalue weighted by atomic mass is 32.2. The first-order valence-corrected chi connectivity index (χ1v) is 8.47. The molecule has 1 fully saturated rings. The van der Waals surface area contributed by atoms with Gasteiger partial charge in [0.25, 0.3) is 0 Å². The Hall–Kier alpha value is -1.00. The number of thioether (sulfide) groups is 1. The van der Waals surface area contributed by atoms with Crippen molar-refractivity contribution in [1.29, 1.82) is 0 Å². The Morgan fingerprint density at radius 1 is 1.35 bits per heavy atom. The number of hydrogen-bond donors (Lipinski definition) is 2. The van der Waals surface area contributed by atoms with Gasteiger partial charge in [-0.1, -0.05) is 25.1 Å². The molecule has 0 saturated carbocycles. The van der Waals surface area contributed by atoms with Gasteiger partial charge in [-0.05, 0) is 44.5 Å². The second-order valence-electron chi connectivity index (χ2n) is 5.26. The minimum Gasteiger partial charge on any atom is -0.352 e. The average molecular weight is 292 g/mol. The quantitative estimate of drug-likeness (QED) is 0.792. The van der Waals surface area contributed by atoms with E-state index in [1.165, 1.54) is 4.90 Å². The van der Waals surface area contributed by atoms with Crippen molar-refractivity contribution in [2.45, 2.75) is 37.1 Å². The van der Waals surface area contributed by atoms with Crippen LogP contribution in [0.3, 0.4) is 0 Å². The average Bonchev–Trinajstić information content (AvgIpc) is 2.53. The van der Waals surface area contributed by atoms with Gasteiger partial charge in [-0.15, -0.1) is 11.8 Å². The monoisotopic (exact) mass is 292 g/mol. The smallest absolute Gasteiger partial charge is 0.223 e. The molecule has 1 aromatic carbocycles. The summed E-state index contributed by atoms with van der Waals surface area (Å²) in [5.74, 6) is 1.39. The molecule has 0 spiro atoms. The molecule has 1 heterocycles. The number of hydrogen-bond acceptors (Lipinski definition) is 3. The fourth-order valence-electron chi connectivity index (χ4n) is 2.38. The Morgan fingerprint density at radius 3 is 2.70 bits per heavy atom. The van der Waals surface area contributed by atoms with Crippen molar-refractivity contribution in [3.8, 4) is 0 Å². The van der Waals surface area contributed by atoms with Crippen LogP contribution in [0.1, 0.15) is 26.2 Å². The molecule has 0 bridgehead atoms. The van der Waals surface area contributed by atoms with Gasteiger partial charge in [0.05, 0.1) is 0 Å². The Kier molecular flexibility index (Phi) is 6.40. The van der Waals surface area contributed by atoms with Crippen molar-refractivity contribution in [3.63, 3.8) is 0 Å². The first-order valence-electron chi connectivity index (χ1n) is 7.48. The highest BCUT2D eigenvalue weighted by molar-refractivity contribution is 7.99. The van der Waals surface area contributed by atoms with Crippen LogP contribution in [0.4, 0.5) is 0 Å². The number of piperidine rings is 1. The third-order valence-corrected chi connectivity index (χ3v) is 4.92. The molecule has 0 aliphatic carbocycles. The van der Waals surface area contributed by atoms with Crippen molar-refractivity contribution < 1.29 is 4.79 Å². The number of amides is 1. The molecule has 110 valence electrons. The fourth-order valence-corrected chi connectivity index (χ4v) is 3.44. The summed E-state index contributed by atoms with van der Waals surface area (Å²) >= 11 is 1.81. The van der Waals surface area contributed by atoms with Crippen LogP contribution in [0.5, 0.6) is 0 Å². The Labute approximate surface area is 125 Å². The predicted octanol–water partition coefficient (Wildman–Crippen LogP) is 2.67. The van der Waals surface area contributed by atoms with Crippen LogP contribution >= 0.6 is 11.8 Å². The summed E-state index contributed by atoms with van der Waals surface area (Å²) in [6.07, 6.45) is 2.92. The Balaban J connectivity index is 1.78. The molecular weight excluding hydrogens is 268 g/mol. The molecule has 1 saturated heterocycles. The van der Waals surface area contributed by atoms with Gasteiger partial charge in [0.15, 0.2) is 0 Å². The largest absolute Gasteiger partial charge is 0.352 e. The first-order chi connectivity index (χ1) is 9.79. The topological polar surface area (TPSA) is 41.1 Å². The van der Waals surface area contributed by atoms with Crippen molar-refractivity contribution >= 4 is 17.7 Å². The van der Waals surface area contributed by atoms with Gasteiger partial charge in [0.2, 0.25) is 5.91 Å². The molecule has 2 rings (SSSR count). The van der Waals surface area contributed by atoms with Gasteiger partial charge in [-0.2, -0.15) is 0 Å². The minimum atomic E-state index is 0.201. The van der Waals surface area contributed by atoms with E-state index in [0.717, 1.165) is 38.1 Å². The number of carbonyl (C=O) groups is 1. The van der Waals surface area contributed by atoms with Crippen LogP contribution in [-0.2, 0) is 4.79 Å². The molecule has 20 heavy (non-hydrogen) atoms. The maximum Gasteiger partial charge on any atom is 0.223 e. The SMILES string of the molecule is CC[C@H](CSc1ccccc1)NC(=O)C1CCNCC1. The van der Waals surface area contributed by atoms with E-state index in [1.54, 1.807) is 0 Å². The zero-order valence-corrected chi connectivity index (χ0v) is 12.9. The maximum atomic E-state index is 12.2. The number of nitrogens with one attached hydrogen (secondary N) is 2. The number of rotatable bonds is 6. The second-order valence-corrected chi connectivity index (χ2v) is 6.36. The second kappa shape index (κ2) is 8.32. The molecule has 1 aromatic rings. The van der Waals surface area contributed by atoms with Crippen LogP contribution in [-0.4, -0.2) is 30.8 Å². The molecule has 1 amide bonds. The van der Waals surface area contributed by atoms with E-state index in [2.05, 4.69) is 41.8 Å². The van der Waals surface area contributed by atoms with Gasteiger partial charge in [-0.3, -0.25) is 4.79 Å². The van der Waals surface area contributed by atoms with E-state index >= 15 is 0 Å². The summed E-state index contributed by atoms with van der Waals surface area (Å²) in [4.78, 5) is 13.5. The van der Waals surface area contributed by atoms with Crippen LogP contribution in [0.15, 0.2) is 35.2 Å². The van der Waals surface area contributed by atoms with Gasteiger partial charge in [0.1, 0.15) is 0 Å². The van der Waals surface area contributed by atoms with Crippen LogP contribution < -0.4 is 10.6 Å². The van der Waals surface area contributed by atoms with Crippen molar-refractivity contribution in [2.75, 3.05) is 18.8 Å². The Bertz CT molecular complexity index is 404. The summed E-state index contributed by atoms with van der Waals surface area (Å²) in [6.45, 7) is 4.07. The third-order valence-electron chi connectivity index (χ3n) is 3.74.